The topological polar surface area (TPSA) is 51.5 Å². The summed E-state index contributed by atoms with van der Waals surface area (Å²) < 4.78 is 11.0. The summed E-state index contributed by atoms with van der Waals surface area (Å²) in [6.45, 7) is 1.78. The molecule has 0 aliphatic carbocycles. The number of para-hydroxylation sites is 2. The molecule has 3 aromatic rings. The minimum Gasteiger partial charge on any atom is -0.495 e. The smallest absolute Gasteiger partial charge is 0.259 e. The maximum atomic E-state index is 12.5. The van der Waals surface area contributed by atoms with E-state index in [9.17, 15) is 4.79 Å². The number of amides is 1. The predicted molar refractivity (Wildman–Crippen MR) is 89.8 cm³/mol. The predicted octanol–water partition coefficient (Wildman–Crippen LogP) is 4.52. The number of anilines is 1. The fourth-order valence-electron chi connectivity index (χ4n) is 2.39. The van der Waals surface area contributed by atoms with Crippen LogP contribution in [0, 0.1) is 6.92 Å². The number of nitrogens with one attached hydrogen (secondary N) is 1. The van der Waals surface area contributed by atoms with Crippen LogP contribution in [0.5, 0.6) is 5.75 Å². The second kappa shape index (κ2) is 6.40. The van der Waals surface area contributed by atoms with Crippen LogP contribution in [0.3, 0.4) is 0 Å². The molecule has 0 saturated heterocycles. The highest BCUT2D eigenvalue weighted by atomic mass is 16.5. The van der Waals surface area contributed by atoms with Crippen LogP contribution in [0.15, 0.2) is 65.1 Å². The van der Waals surface area contributed by atoms with Crippen molar-refractivity contribution >= 4 is 11.6 Å². The van der Waals surface area contributed by atoms with Crippen molar-refractivity contribution in [3.05, 3.63) is 72.0 Å². The molecule has 0 aliphatic rings. The van der Waals surface area contributed by atoms with Gasteiger partial charge in [0.1, 0.15) is 17.3 Å². The molecule has 0 fully saturated rings. The van der Waals surface area contributed by atoms with Crippen molar-refractivity contribution in [3.8, 4) is 17.1 Å². The average molecular weight is 307 g/mol. The third-order valence-electron chi connectivity index (χ3n) is 3.58. The molecule has 116 valence electrons. The molecule has 0 radical (unpaired) electrons. The fraction of sp³-hybridized carbons (Fsp3) is 0.105. The Morgan fingerprint density at radius 3 is 2.48 bits per heavy atom. The normalized spacial score (nSPS) is 10.3. The SMILES string of the molecule is COc1ccccc1NC(=O)c1cc(-c2ccccc2)oc1C. The molecular weight excluding hydrogens is 290 g/mol. The van der Waals surface area contributed by atoms with Gasteiger partial charge in [0.15, 0.2) is 0 Å². The van der Waals surface area contributed by atoms with Gasteiger partial charge in [-0.15, -0.1) is 0 Å². The van der Waals surface area contributed by atoms with Crippen LogP contribution < -0.4 is 10.1 Å². The third-order valence-corrected chi connectivity index (χ3v) is 3.58. The van der Waals surface area contributed by atoms with Crippen LogP contribution in [0.2, 0.25) is 0 Å². The molecule has 0 bridgehead atoms. The molecule has 4 heteroatoms. The number of ether oxygens (including phenoxy) is 1. The minimum absolute atomic E-state index is 0.224. The second-order valence-electron chi connectivity index (χ2n) is 5.10. The molecule has 0 atom stereocenters. The maximum absolute atomic E-state index is 12.5. The van der Waals surface area contributed by atoms with Gasteiger partial charge in [-0.2, -0.15) is 0 Å². The van der Waals surface area contributed by atoms with Crippen LogP contribution in [-0.2, 0) is 0 Å². The van der Waals surface area contributed by atoms with E-state index in [2.05, 4.69) is 5.32 Å². The second-order valence-corrected chi connectivity index (χ2v) is 5.10. The van der Waals surface area contributed by atoms with Crippen LogP contribution in [0.25, 0.3) is 11.3 Å². The van der Waals surface area contributed by atoms with Crippen molar-refractivity contribution in [2.45, 2.75) is 6.92 Å². The number of rotatable bonds is 4. The lowest BCUT2D eigenvalue weighted by Gasteiger charge is -2.09. The first-order chi connectivity index (χ1) is 11.2. The Balaban J connectivity index is 1.87. The Kier molecular flexibility index (Phi) is 4.15. The number of carbonyl (C=O) groups excluding carboxylic acids is 1. The minimum atomic E-state index is -0.224. The largest absolute Gasteiger partial charge is 0.495 e. The van der Waals surface area contributed by atoms with E-state index < -0.39 is 0 Å². The molecule has 3 rings (SSSR count). The summed E-state index contributed by atoms with van der Waals surface area (Å²) in [5.41, 5.74) is 2.07. The number of furan rings is 1. The van der Waals surface area contributed by atoms with E-state index in [1.807, 2.05) is 42.5 Å². The highest BCUT2D eigenvalue weighted by Crippen LogP contribution is 2.28. The summed E-state index contributed by atoms with van der Waals surface area (Å²) in [4.78, 5) is 12.5. The molecule has 1 amide bonds. The van der Waals surface area contributed by atoms with E-state index in [0.717, 1.165) is 5.56 Å². The molecule has 23 heavy (non-hydrogen) atoms. The van der Waals surface area contributed by atoms with Gasteiger partial charge in [-0.05, 0) is 25.1 Å². The first kappa shape index (κ1) is 14.9. The zero-order chi connectivity index (χ0) is 16.2. The number of aryl methyl sites for hydroxylation is 1. The Morgan fingerprint density at radius 2 is 1.74 bits per heavy atom. The summed E-state index contributed by atoms with van der Waals surface area (Å²) in [5.74, 6) is 1.65. The molecule has 2 aromatic carbocycles. The Labute approximate surface area is 134 Å². The lowest BCUT2D eigenvalue weighted by molar-refractivity contribution is 0.102. The summed E-state index contributed by atoms with van der Waals surface area (Å²) >= 11 is 0. The number of hydrogen-bond acceptors (Lipinski definition) is 3. The van der Waals surface area contributed by atoms with Crippen molar-refractivity contribution in [1.82, 2.24) is 0 Å². The average Bonchev–Trinajstić information content (AvgIpc) is 2.98. The lowest BCUT2D eigenvalue weighted by Crippen LogP contribution is -2.12. The Morgan fingerprint density at radius 1 is 1.04 bits per heavy atom. The van der Waals surface area contributed by atoms with Crippen LogP contribution in [0.1, 0.15) is 16.1 Å². The van der Waals surface area contributed by atoms with E-state index in [-0.39, 0.29) is 5.91 Å². The zero-order valence-corrected chi connectivity index (χ0v) is 13.0. The fourth-order valence-corrected chi connectivity index (χ4v) is 2.39. The summed E-state index contributed by atoms with van der Waals surface area (Å²) in [6, 6.07) is 18.7. The number of carbonyl (C=O) groups is 1. The molecule has 0 unspecified atom stereocenters. The van der Waals surface area contributed by atoms with Gasteiger partial charge in [0, 0.05) is 5.56 Å². The Hall–Kier alpha value is -3.01. The number of benzene rings is 2. The monoisotopic (exact) mass is 307 g/mol. The number of methoxy groups -OCH3 is 1. The van der Waals surface area contributed by atoms with Crippen molar-refractivity contribution in [2.75, 3.05) is 12.4 Å². The van der Waals surface area contributed by atoms with Crippen LogP contribution >= 0.6 is 0 Å². The Bertz CT molecular complexity index is 822. The van der Waals surface area contributed by atoms with Gasteiger partial charge in [0.05, 0.1) is 18.4 Å². The van der Waals surface area contributed by atoms with Gasteiger partial charge in [0.25, 0.3) is 5.91 Å². The number of hydrogen-bond donors (Lipinski definition) is 1. The quantitative estimate of drug-likeness (QED) is 0.771. The summed E-state index contributed by atoms with van der Waals surface area (Å²) in [7, 11) is 1.57. The van der Waals surface area contributed by atoms with E-state index >= 15 is 0 Å². The molecular formula is C19H17NO3. The molecule has 0 spiro atoms. The van der Waals surface area contributed by atoms with Gasteiger partial charge in [-0.1, -0.05) is 42.5 Å². The van der Waals surface area contributed by atoms with Crippen molar-refractivity contribution < 1.29 is 13.9 Å². The summed E-state index contributed by atoms with van der Waals surface area (Å²) in [6.07, 6.45) is 0. The highest BCUT2D eigenvalue weighted by molar-refractivity contribution is 6.06. The van der Waals surface area contributed by atoms with Gasteiger partial charge in [-0.25, -0.2) is 0 Å². The van der Waals surface area contributed by atoms with Crippen LogP contribution in [-0.4, -0.2) is 13.0 Å². The highest BCUT2D eigenvalue weighted by Gasteiger charge is 2.17. The molecule has 1 aromatic heterocycles. The zero-order valence-electron chi connectivity index (χ0n) is 13.0. The van der Waals surface area contributed by atoms with Gasteiger partial charge >= 0.3 is 0 Å². The maximum Gasteiger partial charge on any atom is 0.259 e. The first-order valence-corrected chi connectivity index (χ1v) is 7.29. The van der Waals surface area contributed by atoms with E-state index in [1.165, 1.54) is 0 Å². The van der Waals surface area contributed by atoms with Crippen molar-refractivity contribution in [1.29, 1.82) is 0 Å². The van der Waals surface area contributed by atoms with Gasteiger partial charge in [-0.3, -0.25) is 4.79 Å². The standard InChI is InChI=1S/C19H17NO3/c1-13-15(12-18(23-13)14-8-4-3-5-9-14)19(21)20-16-10-6-7-11-17(16)22-2/h3-12H,1-2H3,(H,20,21). The third kappa shape index (κ3) is 3.11. The van der Waals surface area contributed by atoms with E-state index in [0.29, 0.717) is 28.5 Å². The summed E-state index contributed by atoms with van der Waals surface area (Å²) in [5, 5.41) is 2.86. The van der Waals surface area contributed by atoms with Gasteiger partial charge < -0.3 is 14.5 Å². The van der Waals surface area contributed by atoms with Gasteiger partial charge in [0.2, 0.25) is 0 Å². The first-order valence-electron chi connectivity index (χ1n) is 7.29. The molecule has 1 heterocycles. The van der Waals surface area contributed by atoms with Crippen molar-refractivity contribution in [3.63, 3.8) is 0 Å². The molecule has 0 saturated carbocycles. The van der Waals surface area contributed by atoms with E-state index in [4.69, 9.17) is 9.15 Å². The van der Waals surface area contributed by atoms with Crippen molar-refractivity contribution in [2.24, 2.45) is 0 Å². The van der Waals surface area contributed by atoms with Crippen LogP contribution in [0.4, 0.5) is 5.69 Å². The lowest BCUT2D eigenvalue weighted by atomic mass is 10.1. The molecule has 0 aliphatic heterocycles. The molecule has 1 N–H and O–H groups in total. The molecule has 4 nitrogen and oxygen atoms in total. The van der Waals surface area contributed by atoms with E-state index in [1.54, 1.807) is 32.2 Å².